The molecule has 2 N–H and O–H groups in total. The van der Waals surface area contributed by atoms with E-state index in [1.54, 1.807) is 0 Å². The number of benzene rings is 2. The quantitative estimate of drug-likeness (QED) is 0.392. The number of rotatable bonds is 5. The molecule has 0 aliphatic carbocycles. The summed E-state index contributed by atoms with van der Waals surface area (Å²) in [7, 11) is -2.45. The molecular weight excluding hydrogens is 463 g/mol. The normalized spacial score (nSPS) is 13.7. The maximum Gasteiger partial charge on any atom is 0.327 e. The summed E-state index contributed by atoms with van der Waals surface area (Å²) in [4.78, 5) is 19.5. The van der Waals surface area contributed by atoms with Crippen molar-refractivity contribution in [3.8, 4) is 0 Å². The van der Waals surface area contributed by atoms with E-state index in [0.29, 0.717) is 0 Å². The van der Waals surface area contributed by atoms with Gasteiger partial charge in [-0.3, -0.25) is 0 Å². The van der Waals surface area contributed by atoms with Crippen molar-refractivity contribution in [3.63, 3.8) is 0 Å². The van der Waals surface area contributed by atoms with Crippen LogP contribution < -0.4 is 0 Å². The molecule has 0 heterocycles. The molecule has 2 aromatic carbocycles. The fourth-order valence-corrected chi connectivity index (χ4v) is 5.39. The van der Waals surface area contributed by atoms with Gasteiger partial charge in [0.25, 0.3) is 0 Å². The highest BCUT2D eigenvalue weighted by molar-refractivity contribution is 7.39. The van der Waals surface area contributed by atoms with Crippen LogP contribution in [0.3, 0.4) is 0 Å². The van der Waals surface area contributed by atoms with Gasteiger partial charge in [0, 0.05) is 5.92 Å². The summed E-state index contributed by atoms with van der Waals surface area (Å²) in [6.07, 6.45) is 0. The van der Waals surface area contributed by atoms with Gasteiger partial charge in [-0.2, -0.15) is 0 Å². The van der Waals surface area contributed by atoms with Gasteiger partial charge in [-0.25, -0.2) is 0 Å². The topological polar surface area (TPSA) is 49.7 Å². The predicted molar refractivity (Wildman–Crippen MR) is 156 cm³/mol. The molecule has 36 heavy (non-hydrogen) atoms. The largest absolute Gasteiger partial charge is 0.328 e. The van der Waals surface area contributed by atoms with Crippen LogP contribution in [0.15, 0.2) is 24.3 Å². The van der Waals surface area contributed by atoms with Crippen molar-refractivity contribution >= 4 is 8.60 Å². The van der Waals surface area contributed by atoms with Crippen molar-refractivity contribution in [1.82, 2.24) is 0 Å². The molecule has 0 saturated carbocycles. The highest BCUT2D eigenvalue weighted by atomic mass is 31.2. The monoisotopic (exact) mass is 514 g/mol. The Kier molecular flexibility index (Phi) is 9.02. The summed E-state index contributed by atoms with van der Waals surface area (Å²) < 4.78 is 5.60. The smallest absolute Gasteiger partial charge is 0.327 e. The first-order chi connectivity index (χ1) is 16.0. The second-order valence-corrected chi connectivity index (χ2v) is 15.3. The van der Waals surface area contributed by atoms with Gasteiger partial charge in [-0.15, -0.1) is 0 Å². The van der Waals surface area contributed by atoms with Crippen LogP contribution in [-0.2, 0) is 26.2 Å². The minimum Gasteiger partial charge on any atom is -0.328 e. The lowest BCUT2D eigenvalue weighted by molar-refractivity contribution is 0.246. The van der Waals surface area contributed by atoms with E-state index in [1.165, 1.54) is 44.5 Å². The molecule has 0 aliphatic heterocycles. The SMILES string of the molecule is Cc1c(C(COP(O)O)c2cc(C(C)(C)C)cc(C(C)(C)C)c2C)cc(C(C)(C)C)cc1C(C)(C)C. The minimum atomic E-state index is -2.45. The Morgan fingerprint density at radius 1 is 0.611 bits per heavy atom. The molecule has 202 valence electrons. The molecule has 0 bridgehead atoms. The Morgan fingerprint density at radius 2 is 0.944 bits per heavy atom. The maximum absolute atomic E-state index is 9.77. The van der Waals surface area contributed by atoms with E-state index in [1.807, 2.05) is 0 Å². The molecule has 0 atom stereocenters. The molecule has 0 spiro atoms. The number of hydrogen-bond acceptors (Lipinski definition) is 3. The van der Waals surface area contributed by atoms with Gasteiger partial charge in [-0.05, 0) is 80.0 Å². The van der Waals surface area contributed by atoms with Gasteiger partial charge in [0.2, 0.25) is 0 Å². The summed E-state index contributed by atoms with van der Waals surface area (Å²) in [5, 5.41) is 0. The molecule has 0 aromatic heterocycles. The van der Waals surface area contributed by atoms with E-state index in [0.717, 1.165) is 0 Å². The first kappa shape index (κ1) is 31.0. The van der Waals surface area contributed by atoms with Crippen molar-refractivity contribution < 1.29 is 14.3 Å². The summed E-state index contributed by atoms with van der Waals surface area (Å²) in [5.74, 6) is -0.124. The van der Waals surface area contributed by atoms with Crippen LogP contribution in [0, 0.1) is 13.8 Å². The molecule has 0 saturated heterocycles. The van der Waals surface area contributed by atoms with E-state index < -0.39 is 8.60 Å². The van der Waals surface area contributed by atoms with Crippen LogP contribution in [0.2, 0.25) is 0 Å². The van der Waals surface area contributed by atoms with E-state index in [4.69, 9.17) is 4.52 Å². The lowest BCUT2D eigenvalue weighted by Gasteiger charge is -2.34. The summed E-state index contributed by atoms with van der Waals surface area (Å²) in [6.45, 7) is 31.7. The fourth-order valence-electron chi connectivity index (χ4n) is 5.11. The van der Waals surface area contributed by atoms with Crippen molar-refractivity contribution in [2.45, 2.75) is 125 Å². The summed E-state index contributed by atoms with van der Waals surface area (Å²) in [5.41, 5.74) is 10.1. The Labute approximate surface area is 222 Å². The summed E-state index contributed by atoms with van der Waals surface area (Å²) >= 11 is 0. The lowest BCUT2D eigenvalue weighted by atomic mass is 9.72. The van der Waals surface area contributed by atoms with Crippen LogP contribution in [0.1, 0.15) is 134 Å². The molecular formula is C32H51O3P. The molecule has 0 unspecified atom stereocenters. The molecule has 2 aromatic rings. The van der Waals surface area contributed by atoms with E-state index in [9.17, 15) is 9.79 Å². The van der Waals surface area contributed by atoms with Crippen molar-refractivity contribution in [1.29, 1.82) is 0 Å². The fraction of sp³-hybridized carbons (Fsp3) is 0.625. The maximum atomic E-state index is 9.77. The second-order valence-electron chi connectivity index (χ2n) is 14.6. The first-order valence-corrected chi connectivity index (χ1v) is 14.3. The first-order valence-electron chi connectivity index (χ1n) is 13.2. The van der Waals surface area contributed by atoms with E-state index >= 15 is 0 Å². The average Bonchev–Trinajstić information content (AvgIpc) is 2.66. The Bertz CT molecular complexity index is 990. The molecule has 2 rings (SSSR count). The van der Waals surface area contributed by atoms with Gasteiger partial charge in [-0.1, -0.05) is 107 Å². The highest BCUT2D eigenvalue weighted by Crippen LogP contribution is 2.43. The van der Waals surface area contributed by atoms with Gasteiger partial charge in [0.15, 0.2) is 0 Å². The Balaban J connectivity index is 3.02. The van der Waals surface area contributed by atoms with Gasteiger partial charge in [0.1, 0.15) is 0 Å². The number of hydrogen-bond donors (Lipinski definition) is 2. The average molecular weight is 515 g/mol. The van der Waals surface area contributed by atoms with Crippen LogP contribution in [0.5, 0.6) is 0 Å². The third-order valence-electron chi connectivity index (χ3n) is 7.35. The zero-order valence-corrected chi connectivity index (χ0v) is 26.2. The van der Waals surface area contributed by atoms with Crippen molar-refractivity contribution in [2.24, 2.45) is 0 Å². The molecule has 4 heteroatoms. The van der Waals surface area contributed by atoms with Crippen molar-refractivity contribution in [3.05, 3.63) is 68.8 Å². The third kappa shape index (κ3) is 7.19. The lowest BCUT2D eigenvalue weighted by Crippen LogP contribution is -2.23. The standard InChI is InChI=1S/C32H51O3P/c1-20-24(15-22(29(3,4)5)17-27(20)31(9,10)11)26(19-35-36(33)34)25-16-23(30(6,7)8)18-28(21(25)2)32(12,13)14/h15-18,26,33-34H,19H2,1-14H3. The van der Waals surface area contributed by atoms with Gasteiger partial charge < -0.3 is 14.3 Å². The molecule has 0 amide bonds. The summed E-state index contributed by atoms with van der Waals surface area (Å²) in [6, 6.07) is 9.38. The van der Waals surface area contributed by atoms with Crippen LogP contribution in [0.25, 0.3) is 0 Å². The van der Waals surface area contributed by atoms with Crippen LogP contribution in [0.4, 0.5) is 0 Å². The minimum absolute atomic E-state index is 0.0205. The second kappa shape index (κ2) is 10.5. The van der Waals surface area contributed by atoms with E-state index in [-0.39, 0.29) is 34.2 Å². The highest BCUT2D eigenvalue weighted by Gasteiger charge is 2.31. The Hall–Kier alpha value is -1.25. The zero-order valence-electron chi connectivity index (χ0n) is 25.3. The Morgan fingerprint density at radius 3 is 1.19 bits per heavy atom. The van der Waals surface area contributed by atoms with Crippen molar-refractivity contribution in [2.75, 3.05) is 6.61 Å². The molecule has 0 radical (unpaired) electrons. The van der Waals surface area contributed by atoms with Gasteiger partial charge in [0.05, 0.1) is 6.61 Å². The predicted octanol–water partition coefficient (Wildman–Crippen LogP) is 8.85. The molecule has 0 aliphatic rings. The van der Waals surface area contributed by atoms with Crippen LogP contribution in [-0.4, -0.2) is 16.4 Å². The molecule has 0 fully saturated rings. The van der Waals surface area contributed by atoms with Crippen LogP contribution >= 0.6 is 8.60 Å². The van der Waals surface area contributed by atoms with E-state index in [2.05, 4.69) is 121 Å². The van der Waals surface area contributed by atoms with Gasteiger partial charge >= 0.3 is 8.60 Å². The molecule has 3 nitrogen and oxygen atoms in total. The zero-order chi connectivity index (χ0) is 28.0. The third-order valence-corrected chi connectivity index (χ3v) is 7.73.